The summed E-state index contributed by atoms with van der Waals surface area (Å²) >= 11 is 6.07. The SMILES string of the molecule is COc1ccc(Cl)cc1C(=O)N1CCC(C(=O)Nc2ccc(N3CCCC(C(N)=O)C3)nc2)CC1. The van der Waals surface area contributed by atoms with Crippen LogP contribution < -0.4 is 20.7 Å². The first-order valence-electron chi connectivity index (χ1n) is 11.8. The van der Waals surface area contributed by atoms with E-state index in [0.29, 0.717) is 54.5 Å². The van der Waals surface area contributed by atoms with Crippen LogP contribution in [0.5, 0.6) is 5.75 Å². The van der Waals surface area contributed by atoms with E-state index in [9.17, 15) is 14.4 Å². The Hall–Kier alpha value is -3.33. The van der Waals surface area contributed by atoms with E-state index in [4.69, 9.17) is 22.1 Å². The number of ether oxygens (including phenoxy) is 1. The third-order valence-electron chi connectivity index (χ3n) is 6.71. The largest absolute Gasteiger partial charge is 0.496 e. The smallest absolute Gasteiger partial charge is 0.257 e. The summed E-state index contributed by atoms with van der Waals surface area (Å²) in [6.45, 7) is 2.33. The molecule has 0 aliphatic carbocycles. The Morgan fingerprint density at radius 1 is 1.09 bits per heavy atom. The number of carbonyl (C=O) groups is 3. The molecule has 3 heterocycles. The maximum Gasteiger partial charge on any atom is 0.257 e. The molecule has 1 atom stereocenters. The molecular formula is C25H30ClN5O4. The van der Waals surface area contributed by atoms with Crippen LogP contribution in [0, 0.1) is 11.8 Å². The normalized spacial score (nSPS) is 18.7. The molecule has 1 aromatic heterocycles. The summed E-state index contributed by atoms with van der Waals surface area (Å²) in [6, 6.07) is 8.63. The molecule has 0 radical (unpaired) electrons. The van der Waals surface area contributed by atoms with Gasteiger partial charge in [-0.1, -0.05) is 11.6 Å². The highest BCUT2D eigenvalue weighted by Gasteiger charge is 2.29. The molecule has 186 valence electrons. The quantitative estimate of drug-likeness (QED) is 0.631. The first kappa shape index (κ1) is 24.8. The van der Waals surface area contributed by atoms with Crippen LogP contribution in [0.25, 0.3) is 0 Å². The summed E-state index contributed by atoms with van der Waals surface area (Å²) in [5.74, 6) is 0.360. The number of nitrogens with one attached hydrogen (secondary N) is 1. The highest BCUT2D eigenvalue weighted by molar-refractivity contribution is 6.31. The van der Waals surface area contributed by atoms with E-state index in [-0.39, 0.29) is 29.6 Å². The zero-order chi connectivity index (χ0) is 24.9. The van der Waals surface area contributed by atoms with Crippen molar-refractivity contribution in [2.75, 3.05) is 43.5 Å². The molecule has 2 aliphatic rings. The molecule has 1 aromatic carbocycles. The number of hydrogen-bond donors (Lipinski definition) is 2. The van der Waals surface area contributed by atoms with Crippen molar-refractivity contribution >= 4 is 40.8 Å². The first-order valence-corrected chi connectivity index (χ1v) is 12.2. The van der Waals surface area contributed by atoms with Crippen molar-refractivity contribution in [3.8, 4) is 5.75 Å². The molecule has 3 N–H and O–H groups in total. The highest BCUT2D eigenvalue weighted by Crippen LogP contribution is 2.27. The number of nitrogens with two attached hydrogens (primary N) is 1. The Morgan fingerprint density at radius 2 is 1.86 bits per heavy atom. The molecule has 2 aromatic rings. The minimum atomic E-state index is -0.280. The van der Waals surface area contributed by atoms with Crippen LogP contribution in [0.4, 0.5) is 11.5 Å². The van der Waals surface area contributed by atoms with Crippen LogP contribution in [0.1, 0.15) is 36.0 Å². The number of aromatic nitrogens is 1. The Bertz CT molecular complexity index is 1090. The summed E-state index contributed by atoms with van der Waals surface area (Å²) in [5.41, 5.74) is 6.50. The summed E-state index contributed by atoms with van der Waals surface area (Å²) < 4.78 is 5.30. The molecule has 35 heavy (non-hydrogen) atoms. The fourth-order valence-electron chi connectivity index (χ4n) is 4.67. The van der Waals surface area contributed by atoms with E-state index >= 15 is 0 Å². The van der Waals surface area contributed by atoms with Crippen molar-refractivity contribution in [2.24, 2.45) is 17.6 Å². The molecule has 9 nitrogen and oxygen atoms in total. The predicted molar refractivity (Wildman–Crippen MR) is 134 cm³/mol. The lowest BCUT2D eigenvalue weighted by atomic mass is 9.95. The second kappa shape index (κ2) is 10.9. The number of hydrogen-bond acceptors (Lipinski definition) is 6. The maximum atomic E-state index is 13.0. The van der Waals surface area contributed by atoms with Crippen LogP contribution in [0.3, 0.4) is 0 Å². The fourth-order valence-corrected chi connectivity index (χ4v) is 4.84. The van der Waals surface area contributed by atoms with Gasteiger partial charge in [-0.2, -0.15) is 0 Å². The van der Waals surface area contributed by atoms with Crippen molar-refractivity contribution in [1.82, 2.24) is 9.88 Å². The lowest BCUT2D eigenvalue weighted by Gasteiger charge is -2.32. The summed E-state index contributed by atoms with van der Waals surface area (Å²) in [5, 5.41) is 3.40. The first-order chi connectivity index (χ1) is 16.9. The molecule has 0 bridgehead atoms. The number of methoxy groups -OCH3 is 1. The van der Waals surface area contributed by atoms with E-state index < -0.39 is 0 Å². The van der Waals surface area contributed by atoms with Gasteiger partial charge in [0, 0.05) is 37.1 Å². The van der Waals surface area contributed by atoms with E-state index in [1.165, 1.54) is 7.11 Å². The van der Waals surface area contributed by atoms with Crippen molar-refractivity contribution in [3.05, 3.63) is 47.1 Å². The zero-order valence-corrected chi connectivity index (χ0v) is 20.5. The van der Waals surface area contributed by atoms with Gasteiger partial charge < -0.3 is 25.6 Å². The number of rotatable bonds is 6. The van der Waals surface area contributed by atoms with Gasteiger partial charge in [0.15, 0.2) is 0 Å². The molecule has 3 amide bonds. The number of primary amides is 1. The molecule has 0 saturated carbocycles. The number of piperidine rings is 2. The van der Waals surface area contributed by atoms with Gasteiger partial charge in [0.25, 0.3) is 5.91 Å². The summed E-state index contributed by atoms with van der Waals surface area (Å²) in [6.07, 6.45) is 4.45. The van der Waals surface area contributed by atoms with Crippen molar-refractivity contribution in [2.45, 2.75) is 25.7 Å². The highest BCUT2D eigenvalue weighted by atomic mass is 35.5. The molecule has 2 fully saturated rings. The van der Waals surface area contributed by atoms with E-state index in [1.54, 1.807) is 29.3 Å². The maximum absolute atomic E-state index is 13.0. The van der Waals surface area contributed by atoms with E-state index in [2.05, 4.69) is 10.3 Å². The van der Waals surface area contributed by atoms with Gasteiger partial charge in [0.1, 0.15) is 11.6 Å². The van der Waals surface area contributed by atoms with Crippen LogP contribution >= 0.6 is 11.6 Å². The predicted octanol–water partition coefficient (Wildman–Crippen LogP) is 2.94. The number of amides is 3. The number of anilines is 2. The molecule has 1 unspecified atom stereocenters. The van der Waals surface area contributed by atoms with Gasteiger partial charge in [-0.3, -0.25) is 14.4 Å². The lowest BCUT2D eigenvalue weighted by molar-refractivity contribution is -0.122. The number of halogens is 1. The third kappa shape index (κ3) is 5.85. The molecule has 10 heteroatoms. The van der Waals surface area contributed by atoms with Gasteiger partial charge in [-0.05, 0) is 56.0 Å². The van der Waals surface area contributed by atoms with Crippen molar-refractivity contribution in [1.29, 1.82) is 0 Å². The van der Waals surface area contributed by atoms with Crippen LogP contribution in [-0.2, 0) is 9.59 Å². The van der Waals surface area contributed by atoms with Gasteiger partial charge in [-0.15, -0.1) is 0 Å². The topological polar surface area (TPSA) is 118 Å². The fraction of sp³-hybridized carbons (Fsp3) is 0.440. The van der Waals surface area contributed by atoms with Crippen molar-refractivity contribution < 1.29 is 19.1 Å². The second-order valence-electron chi connectivity index (χ2n) is 8.99. The van der Waals surface area contributed by atoms with Crippen LogP contribution in [0.2, 0.25) is 5.02 Å². The summed E-state index contributed by atoms with van der Waals surface area (Å²) in [7, 11) is 1.52. The van der Waals surface area contributed by atoms with Gasteiger partial charge >= 0.3 is 0 Å². The van der Waals surface area contributed by atoms with Gasteiger partial charge in [-0.25, -0.2) is 4.98 Å². The number of nitrogens with zero attached hydrogens (tertiary/aromatic N) is 3. The average Bonchev–Trinajstić information content (AvgIpc) is 2.88. The Labute approximate surface area is 209 Å². The average molecular weight is 500 g/mol. The molecule has 0 spiro atoms. The van der Waals surface area contributed by atoms with Crippen LogP contribution in [-0.4, -0.2) is 60.9 Å². The number of carbonyl (C=O) groups excluding carboxylic acids is 3. The lowest BCUT2D eigenvalue weighted by Crippen LogP contribution is -2.41. The van der Waals surface area contributed by atoms with E-state index in [0.717, 1.165) is 25.2 Å². The zero-order valence-electron chi connectivity index (χ0n) is 19.7. The second-order valence-corrected chi connectivity index (χ2v) is 9.43. The molecular weight excluding hydrogens is 470 g/mol. The van der Waals surface area contributed by atoms with Gasteiger partial charge in [0.2, 0.25) is 11.8 Å². The minimum Gasteiger partial charge on any atom is -0.496 e. The molecule has 4 rings (SSSR count). The van der Waals surface area contributed by atoms with Crippen molar-refractivity contribution in [3.63, 3.8) is 0 Å². The number of likely N-dealkylation sites (tertiary alicyclic amines) is 1. The minimum absolute atomic E-state index is 0.0845. The number of pyridine rings is 1. The standard InChI is InChI=1S/C25H30ClN5O4/c1-35-21-6-4-18(26)13-20(21)25(34)30-11-8-16(9-12-30)24(33)29-19-5-7-22(28-14-19)31-10-2-3-17(15-31)23(27)32/h4-7,13-14,16-17H,2-3,8-12,15H2,1H3,(H2,27,32)(H,29,33). The number of benzene rings is 1. The van der Waals surface area contributed by atoms with E-state index in [1.807, 2.05) is 17.0 Å². The Morgan fingerprint density at radius 3 is 2.51 bits per heavy atom. The molecule has 2 saturated heterocycles. The Kier molecular flexibility index (Phi) is 7.75. The summed E-state index contributed by atoms with van der Waals surface area (Å²) in [4.78, 5) is 45.6. The molecule has 2 aliphatic heterocycles. The Balaban J connectivity index is 1.30. The van der Waals surface area contributed by atoms with Gasteiger partial charge in [0.05, 0.1) is 30.5 Å². The van der Waals surface area contributed by atoms with Crippen LogP contribution in [0.15, 0.2) is 36.5 Å². The third-order valence-corrected chi connectivity index (χ3v) is 6.94. The monoisotopic (exact) mass is 499 g/mol.